The lowest BCUT2D eigenvalue weighted by Gasteiger charge is -2.31. The van der Waals surface area contributed by atoms with Crippen LogP contribution in [0.15, 0.2) is 48.5 Å². The van der Waals surface area contributed by atoms with Crippen LogP contribution in [0.1, 0.15) is 51.5 Å². The Morgan fingerprint density at radius 3 is 2.43 bits per heavy atom. The molecule has 3 rings (SSSR count). The monoisotopic (exact) mass is 531 g/mol. The van der Waals surface area contributed by atoms with Crippen molar-refractivity contribution in [1.29, 1.82) is 0 Å². The molecule has 2 amide bonds. The number of hydrogen-bond donors (Lipinski definition) is 1. The molecule has 0 saturated carbocycles. The van der Waals surface area contributed by atoms with Crippen molar-refractivity contribution >= 4 is 27.5 Å². The molecule has 1 atom stereocenters. The Labute approximate surface area is 219 Å². The number of carbonyl (C=O) groups is 2. The fourth-order valence-electron chi connectivity index (χ4n) is 4.25. The van der Waals surface area contributed by atoms with E-state index in [1.54, 1.807) is 23.1 Å². The standard InChI is InChI=1S/C27H37N3O6S/c1-4-6-16-28-27(32)23(5-2)29(19-21-11-8-7-9-12-21)26(31)13-10-17-30(37(3,33)34)22-14-15-24-25(18-22)36-20-35-24/h7-9,11-12,14-15,18,23H,4-6,10,13,16-17,19-20H2,1-3H3,(H,28,32)/t23-/m1/s1. The van der Waals surface area contributed by atoms with Gasteiger partial charge in [-0.05, 0) is 37.0 Å². The van der Waals surface area contributed by atoms with E-state index in [4.69, 9.17) is 9.47 Å². The fourth-order valence-corrected chi connectivity index (χ4v) is 5.21. The maximum atomic E-state index is 13.4. The lowest BCUT2D eigenvalue weighted by atomic mass is 10.1. The van der Waals surface area contributed by atoms with Crippen LogP contribution in [0, 0.1) is 0 Å². The van der Waals surface area contributed by atoms with Crippen molar-refractivity contribution in [1.82, 2.24) is 10.2 Å². The number of rotatable bonds is 14. The second-order valence-corrected chi connectivity index (χ2v) is 11.0. The molecule has 10 heteroatoms. The predicted molar refractivity (Wildman–Crippen MR) is 143 cm³/mol. The van der Waals surface area contributed by atoms with Crippen molar-refractivity contribution in [3.63, 3.8) is 0 Å². The van der Waals surface area contributed by atoms with Gasteiger partial charge in [0.1, 0.15) is 6.04 Å². The van der Waals surface area contributed by atoms with E-state index in [0.29, 0.717) is 43.1 Å². The van der Waals surface area contributed by atoms with E-state index in [1.807, 2.05) is 37.3 Å². The number of nitrogens with zero attached hydrogens (tertiary/aromatic N) is 2. The second-order valence-electron chi connectivity index (χ2n) is 9.05. The number of amides is 2. The van der Waals surface area contributed by atoms with Crippen LogP contribution in [0.2, 0.25) is 0 Å². The average Bonchev–Trinajstić information content (AvgIpc) is 3.34. The summed E-state index contributed by atoms with van der Waals surface area (Å²) in [5, 5.41) is 2.95. The Bertz CT molecular complexity index is 1160. The summed E-state index contributed by atoms with van der Waals surface area (Å²) in [6.07, 6.45) is 3.83. The molecule has 2 aromatic carbocycles. The highest BCUT2D eigenvalue weighted by molar-refractivity contribution is 7.92. The van der Waals surface area contributed by atoms with Crippen LogP contribution in [-0.2, 0) is 26.2 Å². The summed E-state index contributed by atoms with van der Waals surface area (Å²) in [6.45, 7) is 5.02. The van der Waals surface area contributed by atoms with Gasteiger partial charge in [-0.1, -0.05) is 50.6 Å². The normalized spacial score (nSPS) is 13.2. The molecule has 0 unspecified atom stereocenters. The molecule has 0 aromatic heterocycles. The molecule has 1 N–H and O–H groups in total. The zero-order chi connectivity index (χ0) is 26.8. The first kappa shape index (κ1) is 28.3. The molecule has 202 valence electrons. The topological polar surface area (TPSA) is 105 Å². The quantitative estimate of drug-likeness (QED) is 0.373. The van der Waals surface area contributed by atoms with Gasteiger partial charge in [0.2, 0.25) is 28.6 Å². The largest absolute Gasteiger partial charge is 0.454 e. The molecule has 0 aliphatic carbocycles. The number of sulfonamides is 1. The van der Waals surface area contributed by atoms with Crippen molar-refractivity contribution in [2.24, 2.45) is 0 Å². The number of unbranched alkanes of at least 4 members (excludes halogenated alkanes) is 1. The average molecular weight is 532 g/mol. The zero-order valence-corrected chi connectivity index (χ0v) is 22.6. The van der Waals surface area contributed by atoms with E-state index in [1.165, 1.54) is 4.31 Å². The van der Waals surface area contributed by atoms with Gasteiger partial charge < -0.3 is 19.7 Å². The summed E-state index contributed by atoms with van der Waals surface area (Å²) in [4.78, 5) is 28.0. The first-order valence-electron chi connectivity index (χ1n) is 12.7. The van der Waals surface area contributed by atoms with Gasteiger partial charge in [0.15, 0.2) is 11.5 Å². The minimum absolute atomic E-state index is 0.0913. The number of fused-ring (bicyclic) bond motifs is 1. The molecular formula is C27H37N3O6S. The van der Waals surface area contributed by atoms with Crippen LogP contribution in [0.3, 0.4) is 0 Å². The van der Waals surface area contributed by atoms with Crippen LogP contribution in [0.25, 0.3) is 0 Å². The summed E-state index contributed by atoms with van der Waals surface area (Å²) < 4.78 is 37.1. The summed E-state index contributed by atoms with van der Waals surface area (Å²) in [5.41, 5.74) is 1.37. The number of anilines is 1. The second kappa shape index (κ2) is 13.3. The van der Waals surface area contributed by atoms with Crippen molar-refractivity contribution in [3.8, 4) is 11.5 Å². The third-order valence-corrected chi connectivity index (χ3v) is 7.40. The number of hydrogen-bond acceptors (Lipinski definition) is 6. The minimum atomic E-state index is -3.60. The lowest BCUT2D eigenvalue weighted by molar-refractivity contribution is -0.141. The van der Waals surface area contributed by atoms with Crippen molar-refractivity contribution in [3.05, 3.63) is 54.1 Å². The molecule has 9 nitrogen and oxygen atoms in total. The lowest BCUT2D eigenvalue weighted by Crippen LogP contribution is -2.49. The molecule has 37 heavy (non-hydrogen) atoms. The van der Waals surface area contributed by atoms with Gasteiger partial charge in [0.05, 0.1) is 11.9 Å². The molecule has 0 spiro atoms. The molecule has 0 radical (unpaired) electrons. The Balaban J connectivity index is 1.72. The van der Waals surface area contributed by atoms with Gasteiger partial charge >= 0.3 is 0 Å². The molecule has 0 bridgehead atoms. The Morgan fingerprint density at radius 2 is 1.76 bits per heavy atom. The molecule has 1 aliphatic rings. The van der Waals surface area contributed by atoms with Crippen molar-refractivity contribution < 1.29 is 27.5 Å². The van der Waals surface area contributed by atoms with E-state index in [9.17, 15) is 18.0 Å². The molecular weight excluding hydrogens is 494 g/mol. The Kier molecular flexibility index (Phi) is 10.2. The molecule has 2 aromatic rings. The molecule has 0 fully saturated rings. The van der Waals surface area contributed by atoms with Gasteiger partial charge in [-0.15, -0.1) is 0 Å². The number of benzene rings is 2. The number of nitrogens with one attached hydrogen (secondary N) is 1. The van der Waals surface area contributed by atoms with Crippen LogP contribution >= 0.6 is 0 Å². The van der Waals surface area contributed by atoms with Crippen molar-refractivity contribution in [2.75, 3.05) is 30.4 Å². The fraction of sp³-hybridized carbons (Fsp3) is 0.481. The van der Waals surface area contributed by atoms with E-state index in [0.717, 1.165) is 24.7 Å². The van der Waals surface area contributed by atoms with Crippen molar-refractivity contribution in [2.45, 2.75) is 58.5 Å². The number of carbonyl (C=O) groups excluding carboxylic acids is 2. The maximum Gasteiger partial charge on any atom is 0.242 e. The van der Waals surface area contributed by atoms with Crippen LogP contribution in [-0.4, -0.2) is 57.3 Å². The highest BCUT2D eigenvalue weighted by Crippen LogP contribution is 2.36. The van der Waals surface area contributed by atoms with E-state index in [2.05, 4.69) is 12.2 Å². The molecule has 1 aliphatic heterocycles. The van der Waals surface area contributed by atoms with Gasteiger partial charge in [-0.25, -0.2) is 8.42 Å². The van der Waals surface area contributed by atoms with E-state index >= 15 is 0 Å². The third-order valence-electron chi connectivity index (χ3n) is 6.21. The highest BCUT2D eigenvalue weighted by Gasteiger charge is 2.29. The van der Waals surface area contributed by atoms with Crippen LogP contribution in [0.4, 0.5) is 5.69 Å². The van der Waals surface area contributed by atoms with Crippen LogP contribution in [0.5, 0.6) is 11.5 Å². The van der Waals surface area contributed by atoms with E-state index < -0.39 is 16.1 Å². The predicted octanol–water partition coefficient (Wildman–Crippen LogP) is 3.69. The summed E-state index contributed by atoms with van der Waals surface area (Å²) in [6, 6.07) is 13.9. The molecule has 1 heterocycles. The summed E-state index contributed by atoms with van der Waals surface area (Å²) >= 11 is 0. The third kappa shape index (κ3) is 7.85. The maximum absolute atomic E-state index is 13.4. The smallest absolute Gasteiger partial charge is 0.242 e. The van der Waals surface area contributed by atoms with Gasteiger partial charge in [-0.2, -0.15) is 0 Å². The van der Waals surface area contributed by atoms with Gasteiger partial charge in [0, 0.05) is 32.1 Å². The minimum Gasteiger partial charge on any atom is -0.454 e. The van der Waals surface area contributed by atoms with Crippen LogP contribution < -0.4 is 19.1 Å². The van der Waals surface area contributed by atoms with Gasteiger partial charge in [0.25, 0.3) is 0 Å². The summed E-state index contributed by atoms with van der Waals surface area (Å²) in [7, 11) is -3.60. The summed E-state index contributed by atoms with van der Waals surface area (Å²) in [5.74, 6) is 0.682. The first-order chi connectivity index (χ1) is 17.7. The van der Waals surface area contributed by atoms with E-state index in [-0.39, 0.29) is 31.6 Å². The first-order valence-corrected chi connectivity index (χ1v) is 14.6. The zero-order valence-electron chi connectivity index (χ0n) is 21.8. The number of ether oxygens (including phenoxy) is 2. The molecule has 0 saturated heterocycles. The highest BCUT2D eigenvalue weighted by atomic mass is 32.2. The SMILES string of the molecule is CCCCNC(=O)[C@@H](CC)N(Cc1ccccc1)C(=O)CCCN(c1ccc2c(c1)OCO2)S(C)(=O)=O. The Hall–Kier alpha value is -3.27. The van der Waals surface area contributed by atoms with Gasteiger partial charge in [-0.3, -0.25) is 13.9 Å². The Morgan fingerprint density at radius 1 is 1.03 bits per heavy atom.